The zero-order valence-corrected chi connectivity index (χ0v) is 17.1. The monoisotopic (exact) mass is 422 g/mol. The average Bonchev–Trinajstić information content (AvgIpc) is 3.05. The van der Waals surface area contributed by atoms with Gasteiger partial charge in [-0.05, 0) is 24.1 Å². The van der Waals surface area contributed by atoms with Gasteiger partial charge in [-0.2, -0.15) is 0 Å². The van der Waals surface area contributed by atoms with Gasteiger partial charge in [-0.15, -0.1) is 0 Å². The van der Waals surface area contributed by atoms with Gasteiger partial charge in [-0.3, -0.25) is 9.69 Å². The molecule has 1 saturated carbocycles. The van der Waals surface area contributed by atoms with E-state index in [2.05, 4.69) is 4.90 Å². The van der Waals surface area contributed by atoms with E-state index in [1.807, 2.05) is 24.3 Å². The van der Waals surface area contributed by atoms with Crippen LogP contribution in [0.1, 0.15) is 18.4 Å². The third-order valence-electron chi connectivity index (χ3n) is 6.74. The number of rotatable bonds is 4. The van der Waals surface area contributed by atoms with Crippen LogP contribution in [0, 0.1) is 0 Å². The van der Waals surface area contributed by atoms with Crippen molar-refractivity contribution in [2.75, 3.05) is 38.3 Å². The molecule has 166 valence electrons. The molecule has 2 heterocycles. The number of benzene rings is 1. The van der Waals surface area contributed by atoms with Crippen molar-refractivity contribution in [1.82, 2.24) is 4.90 Å². The minimum Gasteiger partial charge on any atom is -0.468 e. The van der Waals surface area contributed by atoms with E-state index in [9.17, 15) is 25.2 Å². The first kappa shape index (κ1) is 21.5. The first-order chi connectivity index (χ1) is 14.3. The number of hydrogen-bond donors (Lipinski definition) is 4. The number of anilines is 1. The molecule has 0 amide bonds. The second-order valence-corrected chi connectivity index (χ2v) is 8.43. The van der Waals surface area contributed by atoms with Crippen LogP contribution in [0.2, 0.25) is 0 Å². The molecular weight excluding hydrogens is 392 g/mol. The normalized spacial score (nSPS) is 37.1. The van der Waals surface area contributed by atoms with Gasteiger partial charge in [-0.1, -0.05) is 12.1 Å². The van der Waals surface area contributed by atoms with Crippen LogP contribution in [-0.2, 0) is 20.8 Å². The van der Waals surface area contributed by atoms with E-state index in [-0.39, 0.29) is 12.8 Å². The van der Waals surface area contributed by atoms with Crippen molar-refractivity contribution >= 4 is 11.7 Å². The molecular formula is C21H30N2O7. The van der Waals surface area contributed by atoms with Crippen molar-refractivity contribution in [3.8, 4) is 0 Å². The number of aliphatic hydroxyl groups excluding tert-OH is 3. The summed E-state index contributed by atoms with van der Waals surface area (Å²) in [6, 6.07) is 6.52. The maximum Gasteiger partial charge on any atom is 0.323 e. The summed E-state index contributed by atoms with van der Waals surface area (Å²) < 4.78 is 10.3. The third-order valence-corrected chi connectivity index (χ3v) is 6.74. The van der Waals surface area contributed by atoms with Crippen LogP contribution >= 0.6 is 0 Å². The Bertz CT molecular complexity index is 754. The highest BCUT2D eigenvalue weighted by Crippen LogP contribution is 2.44. The Kier molecular flexibility index (Phi) is 6.02. The Balaban J connectivity index is 1.56. The van der Waals surface area contributed by atoms with Crippen molar-refractivity contribution < 1.29 is 34.7 Å². The van der Waals surface area contributed by atoms with E-state index >= 15 is 0 Å². The molecule has 0 unspecified atom stereocenters. The molecule has 4 rings (SSSR count). The van der Waals surface area contributed by atoms with Crippen LogP contribution in [0.4, 0.5) is 5.69 Å². The van der Waals surface area contributed by atoms with Gasteiger partial charge in [0.2, 0.25) is 0 Å². The summed E-state index contributed by atoms with van der Waals surface area (Å²) >= 11 is 0. The molecule has 1 aromatic rings. The molecule has 9 heteroatoms. The maximum absolute atomic E-state index is 12.4. The Morgan fingerprint density at radius 2 is 1.87 bits per heavy atom. The maximum atomic E-state index is 12.4. The van der Waals surface area contributed by atoms with Gasteiger partial charge in [-0.25, -0.2) is 0 Å². The second kappa shape index (κ2) is 8.41. The molecule has 30 heavy (non-hydrogen) atoms. The zero-order valence-electron chi connectivity index (χ0n) is 17.1. The van der Waals surface area contributed by atoms with E-state index < -0.39 is 42.0 Å². The molecule has 1 aromatic carbocycles. The van der Waals surface area contributed by atoms with Gasteiger partial charge >= 0.3 is 5.97 Å². The highest BCUT2D eigenvalue weighted by molar-refractivity contribution is 5.76. The summed E-state index contributed by atoms with van der Waals surface area (Å²) in [5.74, 6) is -0.515. The first-order valence-electron chi connectivity index (χ1n) is 10.4. The number of methoxy groups -OCH3 is 1. The molecule has 2 saturated heterocycles. The minimum atomic E-state index is -1.70. The lowest BCUT2D eigenvalue weighted by Crippen LogP contribution is -2.64. The number of hydrogen-bond acceptors (Lipinski definition) is 9. The predicted octanol–water partition coefficient (Wildman–Crippen LogP) is -1.14. The van der Waals surface area contributed by atoms with Crippen molar-refractivity contribution in [1.29, 1.82) is 0 Å². The fraction of sp³-hybridized carbons (Fsp3) is 0.667. The molecule has 3 fully saturated rings. The van der Waals surface area contributed by atoms with Gasteiger partial charge in [0.15, 0.2) is 0 Å². The Hall–Kier alpha value is -1.75. The highest BCUT2D eigenvalue weighted by Gasteiger charge is 2.62. The van der Waals surface area contributed by atoms with E-state index in [0.29, 0.717) is 19.8 Å². The largest absolute Gasteiger partial charge is 0.468 e. The molecule has 0 bridgehead atoms. The lowest BCUT2D eigenvalue weighted by atomic mass is 9.75. The smallest absolute Gasteiger partial charge is 0.323 e. The number of carbonyl (C=O) groups excluding carboxylic acids is 1. The number of fused-ring (bicyclic) bond motifs is 1. The standard InChI is InChI=1S/C21H30N2O7/c1-29-20(27)15-11-21(28)17(10-16(24)18(25)19(21)26)23(15)12-13-2-4-14(5-3-13)22-6-8-30-9-7-22/h2-5,15-19,24-26,28H,6-12H2,1H3/t15-,16-,17+,18-,19-,21-/m0/s1. The van der Waals surface area contributed by atoms with Crippen LogP contribution in [0.5, 0.6) is 0 Å². The van der Waals surface area contributed by atoms with Crippen LogP contribution in [-0.4, -0.2) is 101 Å². The van der Waals surface area contributed by atoms with Crippen molar-refractivity contribution in [3.63, 3.8) is 0 Å². The van der Waals surface area contributed by atoms with E-state index in [4.69, 9.17) is 9.47 Å². The van der Waals surface area contributed by atoms with Crippen LogP contribution in [0.15, 0.2) is 24.3 Å². The minimum absolute atomic E-state index is 0.0497. The number of aliphatic hydroxyl groups is 4. The molecule has 3 aliphatic rings. The molecule has 1 aliphatic carbocycles. The van der Waals surface area contributed by atoms with E-state index in [1.165, 1.54) is 7.11 Å². The number of morpholine rings is 1. The summed E-state index contributed by atoms with van der Waals surface area (Å²) in [5, 5.41) is 41.9. The van der Waals surface area contributed by atoms with Crippen LogP contribution in [0.25, 0.3) is 0 Å². The summed E-state index contributed by atoms with van der Waals surface area (Å²) in [6.07, 6.45) is -4.22. The Morgan fingerprint density at radius 3 is 2.50 bits per heavy atom. The summed E-state index contributed by atoms with van der Waals surface area (Å²) in [4.78, 5) is 16.4. The summed E-state index contributed by atoms with van der Waals surface area (Å²) in [5.41, 5.74) is 0.321. The fourth-order valence-corrected chi connectivity index (χ4v) is 5.02. The van der Waals surface area contributed by atoms with Crippen molar-refractivity contribution in [3.05, 3.63) is 29.8 Å². The van der Waals surface area contributed by atoms with E-state index in [0.717, 1.165) is 24.3 Å². The molecule has 0 aromatic heterocycles. The van der Waals surface area contributed by atoms with Crippen molar-refractivity contribution in [2.24, 2.45) is 0 Å². The predicted molar refractivity (Wildman–Crippen MR) is 107 cm³/mol. The molecule has 0 radical (unpaired) electrons. The van der Waals surface area contributed by atoms with Crippen molar-refractivity contribution in [2.45, 2.75) is 55.4 Å². The highest BCUT2D eigenvalue weighted by atomic mass is 16.5. The van der Waals surface area contributed by atoms with Gasteiger partial charge in [0, 0.05) is 37.8 Å². The lowest BCUT2D eigenvalue weighted by molar-refractivity contribution is -0.197. The zero-order chi connectivity index (χ0) is 21.5. The number of carbonyl (C=O) groups is 1. The summed E-state index contributed by atoms with van der Waals surface area (Å²) in [6.45, 7) is 3.41. The summed E-state index contributed by atoms with van der Waals surface area (Å²) in [7, 11) is 1.28. The number of ether oxygens (including phenoxy) is 2. The molecule has 0 spiro atoms. The van der Waals surface area contributed by atoms with E-state index in [1.54, 1.807) is 4.90 Å². The molecule has 4 N–H and O–H groups in total. The Labute approximate surface area is 175 Å². The molecule has 6 atom stereocenters. The van der Waals surface area contributed by atoms with Crippen LogP contribution in [0.3, 0.4) is 0 Å². The second-order valence-electron chi connectivity index (χ2n) is 8.43. The molecule has 9 nitrogen and oxygen atoms in total. The third kappa shape index (κ3) is 3.70. The van der Waals surface area contributed by atoms with Gasteiger partial charge in [0.05, 0.1) is 26.4 Å². The lowest BCUT2D eigenvalue weighted by Gasteiger charge is -2.45. The molecule has 2 aliphatic heterocycles. The quantitative estimate of drug-likeness (QED) is 0.446. The number of esters is 1. The number of nitrogens with zero attached hydrogens (tertiary/aromatic N) is 2. The Morgan fingerprint density at radius 1 is 1.20 bits per heavy atom. The first-order valence-corrected chi connectivity index (χ1v) is 10.4. The topological polar surface area (TPSA) is 123 Å². The number of likely N-dealkylation sites (tertiary alicyclic amines) is 1. The average molecular weight is 422 g/mol. The fourth-order valence-electron chi connectivity index (χ4n) is 5.02. The van der Waals surface area contributed by atoms with Gasteiger partial charge in [0.1, 0.15) is 23.9 Å². The van der Waals surface area contributed by atoms with Gasteiger partial charge < -0.3 is 34.8 Å². The van der Waals surface area contributed by atoms with Crippen LogP contribution < -0.4 is 4.90 Å². The van der Waals surface area contributed by atoms with Gasteiger partial charge in [0.25, 0.3) is 0 Å². The SMILES string of the molecule is COC(=O)[C@@H]1C[C@@]2(O)[C@@H](O)[C@@H](O)[C@@H](O)C[C@H]2N1Cc1ccc(N2CCOCC2)cc1.